The molecule has 5 heteroatoms. The molecule has 1 amide bonds. The molecule has 0 saturated heterocycles. The zero-order chi connectivity index (χ0) is 16.8. The Bertz CT molecular complexity index is 669. The van der Waals surface area contributed by atoms with Crippen molar-refractivity contribution in [1.29, 1.82) is 0 Å². The Morgan fingerprint density at radius 1 is 1.09 bits per heavy atom. The average molecular weight is 318 g/mol. The van der Waals surface area contributed by atoms with E-state index in [0.29, 0.717) is 12.5 Å². The normalized spacial score (nSPS) is 10.7. The fraction of sp³-hybridized carbons (Fsp3) is 0.278. The number of hydrogen-bond acceptors (Lipinski definition) is 2. The summed E-state index contributed by atoms with van der Waals surface area (Å²) in [5.41, 5.74) is 2.16. The van der Waals surface area contributed by atoms with Crippen molar-refractivity contribution in [3.63, 3.8) is 0 Å². The van der Waals surface area contributed by atoms with Crippen LogP contribution >= 0.6 is 0 Å². The molecular weight excluding hydrogens is 298 g/mol. The molecule has 2 N–H and O–H groups in total. The zero-order valence-electron chi connectivity index (χ0n) is 13.2. The lowest BCUT2D eigenvalue weighted by molar-refractivity contribution is -0.116. The van der Waals surface area contributed by atoms with Gasteiger partial charge in [0.2, 0.25) is 5.91 Å². The molecule has 0 fully saturated rings. The smallest absolute Gasteiger partial charge is 0.226 e. The van der Waals surface area contributed by atoms with Crippen molar-refractivity contribution in [2.24, 2.45) is 0 Å². The van der Waals surface area contributed by atoms with Crippen molar-refractivity contribution in [3.8, 4) is 0 Å². The molecule has 0 spiro atoms. The Morgan fingerprint density at radius 2 is 1.78 bits per heavy atom. The second kappa shape index (κ2) is 7.72. The molecule has 23 heavy (non-hydrogen) atoms. The zero-order valence-corrected chi connectivity index (χ0v) is 13.2. The minimum atomic E-state index is -0.782. The van der Waals surface area contributed by atoms with Gasteiger partial charge in [-0.15, -0.1) is 0 Å². The van der Waals surface area contributed by atoms with E-state index in [9.17, 15) is 13.6 Å². The highest BCUT2D eigenvalue weighted by Crippen LogP contribution is 2.17. The molecule has 0 radical (unpaired) electrons. The highest BCUT2D eigenvalue weighted by Gasteiger charge is 2.08. The molecule has 2 aromatic carbocycles. The summed E-state index contributed by atoms with van der Waals surface area (Å²) in [7, 11) is 0. The van der Waals surface area contributed by atoms with Gasteiger partial charge in [0.15, 0.2) is 0 Å². The summed E-state index contributed by atoms with van der Waals surface area (Å²) >= 11 is 0. The molecular formula is C18H20F2N2O. The number of hydrogen-bond donors (Lipinski definition) is 2. The van der Waals surface area contributed by atoms with E-state index in [1.165, 1.54) is 11.6 Å². The van der Waals surface area contributed by atoms with Crippen molar-refractivity contribution in [2.45, 2.75) is 26.2 Å². The molecule has 0 unspecified atom stereocenters. The van der Waals surface area contributed by atoms with Gasteiger partial charge in [0.05, 0.1) is 5.69 Å². The maximum atomic E-state index is 13.4. The van der Waals surface area contributed by atoms with E-state index in [1.54, 1.807) is 0 Å². The largest absolute Gasteiger partial charge is 0.385 e. The Kier molecular flexibility index (Phi) is 5.68. The van der Waals surface area contributed by atoms with E-state index in [4.69, 9.17) is 0 Å². The molecule has 0 atom stereocenters. The van der Waals surface area contributed by atoms with E-state index < -0.39 is 11.6 Å². The third-order valence-corrected chi connectivity index (χ3v) is 3.46. The minimum absolute atomic E-state index is 0.0160. The Balaban J connectivity index is 1.80. The van der Waals surface area contributed by atoms with Crippen LogP contribution in [0.1, 0.15) is 31.7 Å². The average Bonchev–Trinajstić information content (AvgIpc) is 2.50. The molecule has 0 bridgehead atoms. The number of carbonyl (C=O) groups excluding carboxylic acids is 1. The molecule has 0 aliphatic carbocycles. The number of amides is 1. The summed E-state index contributed by atoms with van der Waals surface area (Å²) in [5, 5.41) is 5.56. The summed E-state index contributed by atoms with van der Waals surface area (Å²) in [6.45, 7) is 4.68. The predicted molar refractivity (Wildman–Crippen MR) is 88.6 cm³/mol. The highest BCUT2D eigenvalue weighted by atomic mass is 19.1. The van der Waals surface area contributed by atoms with Gasteiger partial charge in [0, 0.05) is 24.7 Å². The van der Waals surface area contributed by atoms with Crippen molar-refractivity contribution >= 4 is 17.3 Å². The number of carbonyl (C=O) groups is 1. The van der Waals surface area contributed by atoms with Gasteiger partial charge in [-0.25, -0.2) is 8.78 Å². The van der Waals surface area contributed by atoms with Crippen LogP contribution in [0.25, 0.3) is 0 Å². The van der Waals surface area contributed by atoms with Gasteiger partial charge in [-0.05, 0) is 35.7 Å². The summed E-state index contributed by atoms with van der Waals surface area (Å²) in [6.07, 6.45) is 0.183. The second-order valence-electron chi connectivity index (χ2n) is 5.63. The topological polar surface area (TPSA) is 41.1 Å². The van der Waals surface area contributed by atoms with Gasteiger partial charge in [-0.3, -0.25) is 4.79 Å². The van der Waals surface area contributed by atoms with Crippen LogP contribution in [0.4, 0.5) is 20.2 Å². The number of halogens is 2. The van der Waals surface area contributed by atoms with Gasteiger partial charge in [-0.1, -0.05) is 26.0 Å². The van der Waals surface area contributed by atoms with Crippen LogP contribution in [-0.4, -0.2) is 12.5 Å². The highest BCUT2D eigenvalue weighted by molar-refractivity contribution is 5.91. The second-order valence-corrected chi connectivity index (χ2v) is 5.63. The first-order chi connectivity index (χ1) is 11.0. The van der Waals surface area contributed by atoms with Crippen molar-refractivity contribution in [3.05, 3.63) is 59.7 Å². The summed E-state index contributed by atoms with van der Waals surface area (Å²) in [5.74, 6) is -1.31. The fourth-order valence-electron chi connectivity index (χ4n) is 2.11. The maximum absolute atomic E-state index is 13.4. The minimum Gasteiger partial charge on any atom is -0.385 e. The molecule has 0 heterocycles. The van der Waals surface area contributed by atoms with E-state index in [-0.39, 0.29) is 18.0 Å². The molecule has 0 aliphatic rings. The molecule has 2 rings (SSSR count). The maximum Gasteiger partial charge on any atom is 0.226 e. The Morgan fingerprint density at radius 3 is 2.39 bits per heavy atom. The van der Waals surface area contributed by atoms with Gasteiger partial charge < -0.3 is 10.6 Å². The number of benzene rings is 2. The van der Waals surface area contributed by atoms with E-state index in [1.807, 2.05) is 24.3 Å². The molecule has 3 nitrogen and oxygen atoms in total. The van der Waals surface area contributed by atoms with Crippen LogP contribution in [0.5, 0.6) is 0 Å². The van der Waals surface area contributed by atoms with Gasteiger partial charge in [0.1, 0.15) is 11.6 Å². The van der Waals surface area contributed by atoms with Crippen molar-refractivity contribution in [1.82, 2.24) is 0 Å². The lowest BCUT2D eigenvalue weighted by Crippen LogP contribution is -2.17. The standard InChI is InChI=1S/C18H20F2N2O/c1-12(2)13-3-6-15(7-4-13)21-10-9-18(23)22-17-8-5-14(19)11-16(17)20/h3-8,11-12,21H,9-10H2,1-2H3,(H,22,23). The quantitative estimate of drug-likeness (QED) is 0.821. The van der Waals surface area contributed by atoms with Crippen LogP contribution in [0.15, 0.2) is 42.5 Å². The van der Waals surface area contributed by atoms with E-state index in [2.05, 4.69) is 24.5 Å². The van der Waals surface area contributed by atoms with Gasteiger partial charge >= 0.3 is 0 Å². The molecule has 122 valence electrons. The monoisotopic (exact) mass is 318 g/mol. The molecule has 0 aromatic heterocycles. The summed E-state index contributed by atoms with van der Waals surface area (Å²) < 4.78 is 26.2. The molecule has 0 saturated carbocycles. The van der Waals surface area contributed by atoms with Crippen LogP contribution in [0.2, 0.25) is 0 Å². The van der Waals surface area contributed by atoms with Crippen LogP contribution < -0.4 is 10.6 Å². The van der Waals surface area contributed by atoms with E-state index in [0.717, 1.165) is 17.8 Å². The number of nitrogens with one attached hydrogen (secondary N) is 2. The van der Waals surface area contributed by atoms with Crippen LogP contribution in [0, 0.1) is 11.6 Å². The molecule has 2 aromatic rings. The SMILES string of the molecule is CC(C)c1ccc(NCCC(=O)Nc2ccc(F)cc2F)cc1. The fourth-order valence-corrected chi connectivity index (χ4v) is 2.11. The van der Waals surface area contributed by atoms with Crippen molar-refractivity contribution < 1.29 is 13.6 Å². The Hall–Kier alpha value is -2.43. The van der Waals surface area contributed by atoms with Crippen LogP contribution in [0.3, 0.4) is 0 Å². The summed E-state index contributed by atoms with van der Waals surface area (Å²) in [6, 6.07) is 11.1. The lowest BCUT2D eigenvalue weighted by Gasteiger charge is -2.10. The third kappa shape index (κ3) is 5.06. The van der Waals surface area contributed by atoms with Crippen LogP contribution in [-0.2, 0) is 4.79 Å². The first-order valence-electron chi connectivity index (χ1n) is 7.54. The predicted octanol–water partition coefficient (Wildman–Crippen LogP) is 4.53. The summed E-state index contributed by atoms with van der Waals surface area (Å²) in [4.78, 5) is 11.8. The number of anilines is 2. The number of rotatable bonds is 6. The lowest BCUT2D eigenvalue weighted by atomic mass is 10.0. The van der Waals surface area contributed by atoms with E-state index >= 15 is 0 Å². The van der Waals surface area contributed by atoms with Gasteiger partial charge in [0.25, 0.3) is 0 Å². The third-order valence-electron chi connectivity index (χ3n) is 3.46. The Labute approximate surface area is 134 Å². The molecule has 0 aliphatic heterocycles. The van der Waals surface area contributed by atoms with Crippen molar-refractivity contribution in [2.75, 3.05) is 17.2 Å². The van der Waals surface area contributed by atoms with Gasteiger partial charge in [-0.2, -0.15) is 0 Å². The first-order valence-corrected chi connectivity index (χ1v) is 7.54. The first kappa shape index (κ1) is 16.9.